The Bertz CT molecular complexity index is 795. The molecule has 1 unspecified atom stereocenters. The van der Waals surface area contributed by atoms with Gasteiger partial charge in [0.15, 0.2) is 5.65 Å². The molecule has 1 atom stereocenters. The minimum absolute atomic E-state index is 0.192. The first-order valence-electron chi connectivity index (χ1n) is 6.88. The topological polar surface area (TPSA) is 30.7 Å². The summed E-state index contributed by atoms with van der Waals surface area (Å²) in [6, 6.07) is 10.3. The highest BCUT2D eigenvalue weighted by atomic mass is 79.9. The Morgan fingerprint density at radius 3 is 2.81 bits per heavy atom. The molecule has 2 heterocycles. The van der Waals surface area contributed by atoms with Crippen LogP contribution in [0, 0.1) is 0 Å². The predicted octanol–water partition coefficient (Wildman–Crippen LogP) is 5.05. The van der Waals surface area contributed by atoms with Gasteiger partial charge >= 0.3 is 0 Å². The third kappa shape index (κ3) is 2.58. The summed E-state index contributed by atoms with van der Waals surface area (Å²) in [6.07, 6.45) is 2.74. The molecule has 3 nitrogen and oxygen atoms in total. The molecule has 21 heavy (non-hydrogen) atoms. The zero-order valence-electron chi connectivity index (χ0n) is 11.8. The molecule has 0 N–H and O–H groups in total. The summed E-state index contributed by atoms with van der Waals surface area (Å²) >= 11 is 9.79. The van der Waals surface area contributed by atoms with Gasteiger partial charge in [0, 0.05) is 10.7 Å². The first-order valence-corrected chi connectivity index (χ1v) is 8.11. The number of pyridine rings is 1. The first-order chi connectivity index (χ1) is 10.1. The van der Waals surface area contributed by atoms with Crippen molar-refractivity contribution in [2.45, 2.75) is 25.6 Å². The second-order valence-electron chi connectivity index (χ2n) is 4.90. The van der Waals surface area contributed by atoms with Crippen molar-refractivity contribution in [3.8, 4) is 5.69 Å². The first kappa shape index (κ1) is 14.5. The molecule has 0 aliphatic heterocycles. The van der Waals surface area contributed by atoms with Gasteiger partial charge in [0.05, 0.1) is 11.1 Å². The predicted molar refractivity (Wildman–Crippen MR) is 90.2 cm³/mol. The fraction of sp³-hybridized carbons (Fsp3) is 0.250. The molecular weight excluding hydrogens is 350 g/mol. The van der Waals surface area contributed by atoms with Crippen LogP contribution in [0.15, 0.2) is 41.0 Å². The molecular formula is C16H15BrClN3. The highest BCUT2D eigenvalue weighted by Gasteiger charge is 2.18. The number of imidazole rings is 1. The maximum Gasteiger partial charge on any atom is 0.164 e. The smallest absolute Gasteiger partial charge is 0.164 e. The maximum absolute atomic E-state index is 6.34. The lowest BCUT2D eigenvalue weighted by Gasteiger charge is -2.13. The Morgan fingerprint density at radius 1 is 1.33 bits per heavy atom. The summed E-state index contributed by atoms with van der Waals surface area (Å²) < 4.78 is 2.98. The van der Waals surface area contributed by atoms with Crippen LogP contribution in [-0.2, 0) is 6.42 Å². The number of hydrogen-bond donors (Lipinski definition) is 0. The van der Waals surface area contributed by atoms with Gasteiger partial charge in [-0.1, -0.05) is 25.1 Å². The van der Waals surface area contributed by atoms with E-state index in [1.54, 1.807) is 6.20 Å². The molecule has 0 aliphatic rings. The fourth-order valence-electron chi connectivity index (χ4n) is 2.49. The van der Waals surface area contributed by atoms with Gasteiger partial charge in [-0.3, -0.25) is 4.57 Å². The van der Waals surface area contributed by atoms with Crippen LogP contribution in [0.25, 0.3) is 16.9 Å². The number of fused-ring (bicyclic) bond motifs is 1. The zero-order valence-corrected chi connectivity index (χ0v) is 14.2. The molecule has 0 saturated heterocycles. The maximum atomic E-state index is 6.34. The van der Waals surface area contributed by atoms with Crippen LogP contribution < -0.4 is 0 Å². The summed E-state index contributed by atoms with van der Waals surface area (Å²) in [5, 5.41) is -0.192. The highest BCUT2D eigenvalue weighted by molar-refractivity contribution is 9.10. The number of halogens is 2. The van der Waals surface area contributed by atoms with Crippen molar-refractivity contribution in [1.82, 2.24) is 14.5 Å². The van der Waals surface area contributed by atoms with E-state index in [0.29, 0.717) is 0 Å². The van der Waals surface area contributed by atoms with Crippen LogP contribution in [0.3, 0.4) is 0 Å². The number of para-hydroxylation sites is 1. The Balaban J connectivity index is 2.37. The van der Waals surface area contributed by atoms with Crippen molar-refractivity contribution in [3.63, 3.8) is 0 Å². The fourth-order valence-corrected chi connectivity index (χ4v) is 2.96. The van der Waals surface area contributed by atoms with Crippen LogP contribution in [0.2, 0.25) is 0 Å². The lowest BCUT2D eigenvalue weighted by Crippen LogP contribution is -2.05. The van der Waals surface area contributed by atoms with Crippen molar-refractivity contribution >= 4 is 38.7 Å². The van der Waals surface area contributed by atoms with Gasteiger partial charge in [0.2, 0.25) is 0 Å². The molecule has 0 spiro atoms. The summed E-state index contributed by atoms with van der Waals surface area (Å²) in [7, 11) is 0. The summed E-state index contributed by atoms with van der Waals surface area (Å²) in [6.45, 7) is 4.08. The van der Waals surface area contributed by atoms with Crippen molar-refractivity contribution in [1.29, 1.82) is 0 Å². The number of benzene rings is 1. The standard InChI is InChI=1S/C16H15BrClN3/c1-3-11-6-4-5-7-14(11)21-15(10(2)18)20-13-8-12(17)9-19-16(13)21/h4-10H,3H2,1-2H3. The second kappa shape index (κ2) is 5.78. The second-order valence-corrected chi connectivity index (χ2v) is 6.47. The Kier molecular flexibility index (Phi) is 4.00. The largest absolute Gasteiger partial charge is 0.279 e. The van der Waals surface area contributed by atoms with Crippen molar-refractivity contribution in [3.05, 3.63) is 52.4 Å². The highest BCUT2D eigenvalue weighted by Crippen LogP contribution is 2.29. The minimum Gasteiger partial charge on any atom is -0.279 e. The van der Waals surface area contributed by atoms with E-state index in [0.717, 1.165) is 33.6 Å². The summed E-state index contributed by atoms with van der Waals surface area (Å²) in [5.41, 5.74) is 4.03. The third-order valence-electron chi connectivity index (χ3n) is 3.46. The van der Waals surface area contributed by atoms with E-state index in [4.69, 9.17) is 11.6 Å². The molecule has 108 valence electrons. The zero-order chi connectivity index (χ0) is 15.0. The van der Waals surface area contributed by atoms with Gasteiger partial charge in [0.25, 0.3) is 0 Å². The number of rotatable bonds is 3. The normalized spacial score (nSPS) is 12.8. The number of hydrogen-bond acceptors (Lipinski definition) is 2. The van der Waals surface area contributed by atoms with E-state index < -0.39 is 0 Å². The summed E-state index contributed by atoms with van der Waals surface area (Å²) in [5.74, 6) is 0.818. The number of aryl methyl sites for hydroxylation is 1. The molecule has 0 amide bonds. The van der Waals surface area contributed by atoms with Crippen LogP contribution in [0.1, 0.15) is 30.6 Å². The quantitative estimate of drug-likeness (QED) is 0.609. The SMILES string of the molecule is CCc1ccccc1-n1c(C(C)Cl)nc2cc(Br)cnc21. The molecule has 3 aromatic rings. The number of aromatic nitrogens is 3. The molecule has 0 fully saturated rings. The van der Waals surface area contributed by atoms with Gasteiger partial charge in [0.1, 0.15) is 11.3 Å². The molecule has 0 radical (unpaired) electrons. The Hall–Kier alpha value is -1.39. The number of nitrogens with zero attached hydrogens (tertiary/aromatic N) is 3. The van der Waals surface area contributed by atoms with Crippen molar-refractivity contribution in [2.75, 3.05) is 0 Å². The molecule has 0 bridgehead atoms. The van der Waals surface area contributed by atoms with E-state index in [2.05, 4.69) is 55.6 Å². The van der Waals surface area contributed by atoms with Crippen LogP contribution in [0.5, 0.6) is 0 Å². The lowest BCUT2D eigenvalue weighted by molar-refractivity contribution is 0.867. The Morgan fingerprint density at radius 2 is 2.10 bits per heavy atom. The summed E-state index contributed by atoms with van der Waals surface area (Å²) in [4.78, 5) is 9.19. The van der Waals surface area contributed by atoms with Crippen LogP contribution >= 0.6 is 27.5 Å². The van der Waals surface area contributed by atoms with Crippen LogP contribution in [0.4, 0.5) is 0 Å². The minimum atomic E-state index is -0.192. The molecule has 2 aromatic heterocycles. The average Bonchev–Trinajstić information content (AvgIpc) is 2.85. The third-order valence-corrected chi connectivity index (χ3v) is 4.09. The van der Waals surface area contributed by atoms with Gasteiger partial charge in [-0.15, -0.1) is 11.6 Å². The number of alkyl halides is 1. The molecule has 0 saturated carbocycles. The molecule has 3 rings (SSSR count). The lowest BCUT2D eigenvalue weighted by atomic mass is 10.1. The van der Waals surface area contributed by atoms with Crippen molar-refractivity contribution in [2.24, 2.45) is 0 Å². The van der Waals surface area contributed by atoms with E-state index in [9.17, 15) is 0 Å². The Labute approximate surface area is 137 Å². The van der Waals surface area contributed by atoms with E-state index >= 15 is 0 Å². The van der Waals surface area contributed by atoms with E-state index in [1.165, 1.54) is 5.56 Å². The monoisotopic (exact) mass is 363 g/mol. The molecule has 1 aromatic carbocycles. The van der Waals surface area contributed by atoms with Gasteiger partial charge in [-0.25, -0.2) is 9.97 Å². The molecule has 0 aliphatic carbocycles. The van der Waals surface area contributed by atoms with E-state index in [1.807, 2.05) is 19.1 Å². The van der Waals surface area contributed by atoms with Gasteiger partial charge in [-0.05, 0) is 47.0 Å². The molecule has 5 heteroatoms. The van der Waals surface area contributed by atoms with Gasteiger partial charge in [-0.2, -0.15) is 0 Å². The van der Waals surface area contributed by atoms with E-state index in [-0.39, 0.29) is 5.38 Å². The average molecular weight is 365 g/mol. The van der Waals surface area contributed by atoms with Crippen molar-refractivity contribution < 1.29 is 0 Å². The van der Waals surface area contributed by atoms with Crippen LogP contribution in [-0.4, -0.2) is 14.5 Å². The van der Waals surface area contributed by atoms with Gasteiger partial charge < -0.3 is 0 Å².